The average Bonchev–Trinajstić information content (AvgIpc) is 3.39. The molecule has 0 unspecified atom stereocenters. The van der Waals surface area contributed by atoms with Crippen molar-refractivity contribution in [3.05, 3.63) is 42.4 Å². The van der Waals surface area contributed by atoms with E-state index in [0.717, 1.165) is 25.0 Å². The topological polar surface area (TPSA) is 76.4 Å². The lowest BCUT2D eigenvalue weighted by Gasteiger charge is -2.30. The molecule has 0 spiro atoms. The number of oxazole rings is 1. The highest BCUT2D eigenvalue weighted by molar-refractivity contribution is 5.74. The summed E-state index contributed by atoms with van der Waals surface area (Å²) >= 11 is 0. The average molecular weight is 341 g/mol. The van der Waals surface area contributed by atoms with Gasteiger partial charge in [-0.1, -0.05) is 30.3 Å². The number of aromatic nitrogens is 1. The van der Waals surface area contributed by atoms with Gasteiger partial charge >= 0.3 is 6.03 Å². The predicted octanol–water partition coefficient (Wildman–Crippen LogP) is 3.10. The molecule has 2 aliphatic rings. The first-order valence-corrected chi connectivity index (χ1v) is 8.94. The lowest BCUT2D eigenvalue weighted by molar-refractivity contribution is -0.00915. The Bertz CT molecular complexity index is 712. The van der Waals surface area contributed by atoms with Crippen molar-refractivity contribution in [2.24, 2.45) is 5.92 Å². The lowest BCUT2D eigenvalue weighted by Crippen LogP contribution is -2.46. The third kappa shape index (κ3) is 4.20. The highest BCUT2D eigenvalue weighted by Crippen LogP contribution is 2.38. The van der Waals surface area contributed by atoms with Gasteiger partial charge in [0.05, 0.1) is 18.8 Å². The van der Waals surface area contributed by atoms with Gasteiger partial charge in [0.2, 0.25) is 5.89 Å². The van der Waals surface area contributed by atoms with Crippen LogP contribution in [0.15, 0.2) is 40.9 Å². The molecule has 6 nitrogen and oxygen atoms in total. The minimum Gasteiger partial charge on any atom is -0.439 e. The lowest BCUT2D eigenvalue weighted by atomic mass is 10.0. The molecule has 2 atom stereocenters. The van der Waals surface area contributed by atoms with Gasteiger partial charge < -0.3 is 19.8 Å². The van der Waals surface area contributed by atoms with E-state index in [-0.39, 0.29) is 18.6 Å². The Morgan fingerprint density at radius 1 is 1.20 bits per heavy atom. The van der Waals surface area contributed by atoms with Crippen molar-refractivity contribution in [3.63, 3.8) is 0 Å². The van der Waals surface area contributed by atoms with Gasteiger partial charge in [-0.05, 0) is 31.6 Å². The second-order valence-corrected chi connectivity index (χ2v) is 6.78. The Hall–Kier alpha value is -2.34. The Morgan fingerprint density at radius 2 is 2.04 bits per heavy atom. The molecule has 2 heterocycles. The summed E-state index contributed by atoms with van der Waals surface area (Å²) in [6.45, 7) is 1.00. The highest BCUT2D eigenvalue weighted by Gasteiger charge is 2.36. The summed E-state index contributed by atoms with van der Waals surface area (Å²) in [6.07, 6.45) is 6.31. The zero-order valence-electron chi connectivity index (χ0n) is 14.1. The zero-order valence-corrected chi connectivity index (χ0v) is 14.1. The number of hydrogen-bond acceptors (Lipinski definition) is 4. The summed E-state index contributed by atoms with van der Waals surface area (Å²) in [6, 6.07) is 9.79. The van der Waals surface area contributed by atoms with E-state index in [1.165, 1.54) is 12.8 Å². The summed E-state index contributed by atoms with van der Waals surface area (Å²) in [5.74, 6) is 1.91. The maximum Gasteiger partial charge on any atom is 0.315 e. The van der Waals surface area contributed by atoms with E-state index in [1.54, 1.807) is 6.20 Å². The first-order chi connectivity index (χ1) is 12.3. The number of urea groups is 1. The largest absolute Gasteiger partial charge is 0.439 e. The van der Waals surface area contributed by atoms with Gasteiger partial charge in [-0.3, -0.25) is 0 Å². The van der Waals surface area contributed by atoms with Crippen LogP contribution < -0.4 is 10.6 Å². The van der Waals surface area contributed by atoms with E-state index < -0.39 is 0 Å². The van der Waals surface area contributed by atoms with Crippen LogP contribution >= 0.6 is 0 Å². The molecule has 6 heteroatoms. The number of ether oxygens (including phenoxy) is 1. The molecule has 2 fully saturated rings. The van der Waals surface area contributed by atoms with Crippen LogP contribution in [0.3, 0.4) is 0 Å². The first-order valence-electron chi connectivity index (χ1n) is 8.94. The van der Waals surface area contributed by atoms with Crippen molar-refractivity contribution in [2.75, 3.05) is 6.61 Å². The van der Waals surface area contributed by atoms with Gasteiger partial charge in [0.25, 0.3) is 0 Å². The van der Waals surface area contributed by atoms with Crippen LogP contribution in [0, 0.1) is 5.92 Å². The van der Waals surface area contributed by atoms with E-state index in [0.29, 0.717) is 23.7 Å². The Balaban J connectivity index is 1.25. The zero-order chi connectivity index (χ0) is 17.1. The summed E-state index contributed by atoms with van der Waals surface area (Å²) < 4.78 is 11.5. The van der Waals surface area contributed by atoms with Crippen molar-refractivity contribution in [1.29, 1.82) is 0 Å². The Morgan fingerprint density at radius 3 is 2.84 bits per heavy atom. The van der Waals surface area contributed by atoms with Gasteiger partial charge in [-0.2, -0.15) is 0 Å². The maximum absolute atomic E-state index is 12.1. The minimum atomic E-state index is -0.180. The number of nitrogens with zero attached hydrogens (tertiary/aromatic N) is 1. The second kappa shape index (κ2) is 7.27. The minimum absolute atomic E-state index is 0.180. The first kappa shape index (κ1) is 16.1. The molecule has 1 aromatic heterocycles. The highest BCUT2D eigenvalue weighted by atomic mass is 16.5. The molecule has 4 rings (SSSR count). The van der Waals surface area contributed by atoms with Gasteiger partial charge in [0.15, 0.2) is 5.76 Å². The fraction of sp³-hybridized carbons (Fsp3) is 0.474. The van der Waals surface area contributed by atoms with Gasteiger partial charge in [0.1, 0.15) is 0 Å². The van der Waals surface area contributed by atoms with E-state index in [4.69, 9.17) is 9.15 Å². The van der Waals surface area contributed by atoms with Crippen LogP contribution in [0.2, 0.25) is 0 Å². The smallest absolute Gasteiger partial charge is 0.315 e. The SMILES string of the molecule is O=C(NCc1ncc(-c2ccccc2)o1)N[C@@H]1CCO[C@@H](C2CC2)C1. The molecule has 2 aromatic rings. The van der Waals surface area contributed by atoms with Crippen molar-refractivity contribution in [2.45, 2.75) is 44.4 Å². The van der Waals surface area contributed by atoms with E-state index in [1.807, 2.05) is 30.3 Å². The molecule has 1 aliphatic heterocycles. The fourth-order valence-electron chi connectivity index (χ4n) is 3.28. The monoisotopic (exact) mass is 341 g/mol. The van der Waals surface area contributed by atoms with Crippen LogP contribution in [-0.4, -0.2) is 29.8 Å². The maximum atomic E-state index is 12.1. The summed E-state index contributed by atoms with van der Waals surface area (Å²) in [5.41, 5.74) is 0.971. The van der Waals surface area contributed by atoms with Crippen LogP contribution in [0.4, 0.5) is 4.79 Å². The molecule has 25 heavy (non-hydrogen) atoms. The van der Waals surface area contributed by atoms with Crippen LogP contribution in [0.25, 0.3) is 11.3 Å². The molecule has 1 saturated heterocycles. The third-order valence-corrected chi connectivity index (χ3v) is 4.81. The van der Waals surface area contributed by atoms with Crippen molar-refractivity contribution in [1.82, 2.24) is 15.6 Å². The molecule has 2 amide bonds. The van der Waals surface area contributed by atoms with E-state index in [9.17, 15) is 4.79 Å². The number of amides is 2. The van der Waals surface area contributed by atoms with Crippen molar-refractivity contribution < 1.29 is 13.9 Å². The molecule has 132 valence electrons. The fourth-order valence-corrected chi connectivity index (χ4v) is 3.28. The number of rotatable bonds is 5. The number of carbonyl (C=O) groups is 1. The number of nitrogens with one attached hydrogen (secondary N) is 2. The summed E-state index contributed by atoms with van der Waals surface area (Å²) in [7, 11) is 0. The molecule has 1 aromatic carbocycles. The van der Waals surface area contributed by atoms with E-state index in [2.05, 4.69) is 15.6 Å². The van der Waals surface area contributed by atoms with Crippen molar-refractivity contribution in [3.8, 4) is 11.3 Å². The van der Waals surface area contributed by atoms with Crippen molar-refractivity contribution >= 4 is 6.03 Å². The quantitative estimate of drug-likeness (QED) is 0.876. The molecular weight excluding hydrogens is 318 g/mol. The molecule has 0 radical (unpaired) electrons. The Labute approximate surface area is 147 Å². The molecule has 2 N–H and O–H groups in total. The molecule has 0 bridgehead atoms. The molecule has 1 aliphatic carbocycles. The second-order valence-electron chi connectivity index (χ2n) is 6.78. The third-order valence-electron chi connectivity index (χ3n) is 4.81. The summed E-state index contributed by atoms with van der Waals surface area (Å²) in [5, 5.41) is 5.86. The van der Waals surface area contributed by atoms with Crippen LogP contribution in [-0.2, 0) is 11.3 Å². The standard InChI is InChI=1S/C19H23N3O3/c23-19(22-15-8-9-24-16(10-15)14-6-7-14)21-12-18-20-11-17(25-18)13-4-2-1-3-5-13/h1-5,11,14-16H,6-10,12H2,(H2,21,22,23)/t15-,16-/m1/s1. The molecular formula is C19H23N3O3. The summed E-state index contributed by atoms with van der Waals surface area (Å²) in [4.78, 5) is 16.3. The normalized spacial score (nSPS) is 23.2. The van der Waals surface area contributed by atoms with Crippen LogP contribution in [0.5, 0.6) is 0 Å². The van der Waals surface area contributed by atoms with Gasteiger partial charge in [-0.25, -0.2) is 9.78 Å². The number of hydrogen-bond donors (Lipinski definition) is 2. The molecule has 1 saturated carbocycles. The van der Waals surface area contributed by atoms with Gasteiger partial charge in [-0.15, -0.1) is 0 Å². The van der Waals surface area contributed by atoms with Crippen LogP contribution in [0.1, 0.15) is 31.6 Å². The number of benzene rings is 1. The van der Waals surface area contributed by atoms with E-state index >= 15 is 0 Å². The van der Waals surface area contributed by atoms with Gasteiger partial charge in [0, 0.05) is 18.2 Å². The predicted molar refractivity (Wildman–Crippen MR) is 92.8 cm³/mol. The number of carbonyl (C=O) groups excluding carboxylic acids is 1. The Kier molecular flexibility index (Phi) is 4.70.